The van der Waals surface area contributed by atoms with Crippen LogP contribution in [0.5, 0.6) is 5.75 Å². The minimum absolute atomic E-state index is 0.110. The van der Waals surface area contributed by atoms with E-state index in [4.69, 9.17) is 4.74 Å². The second-order valence-corrected chi connectivity index (χ2v) is 10.0. The Kier molecular flexibility index (Phi) is 6.50. The minimum Gasteiger partial charge on any atom is -0.497 e. The van der Waals surface area contributed by atoms with E-state index in [1.54, 1.807) is 14.0 Å². The van der Waals surface area contributed by atoms with Gasteiger partial charge < -0.3 is 19.6 Å². The van der Waals surface area contributed by atoms with E-state index in [2.05, 4.69) is 33.8 Å². The Bertz CT molecular complexity index is 760. The summed E-state index contributed by atoms with van der Waals surface area (Å²) in [5.41, 5.74) is 0.421. The molecule has 3 heterocycles. The number of anilines is 1. The summed E-state index contributed by atoms with van der Waals surface area (Å²) in [6.07, 6.45) is 7.06. The van der Waals surface area contributed by atoms with Gasteiger partial charge in [-0.05, 0) is 76.3 Å². The molecule has 1 aromatic carbocycles. The van der Waals surface area contributed by atoms with Crippen molar-refractivity contribution in [3.8, 4) is 5.75 Å². The number of ether oxygens (including phenoxy) is 1. The molecule has 0 bridgehead atoms. The van der Waals surface area contributed by atoms with Crippen molar-refractivity contribution in [2.45, 2.75) is 76.0 Å². The molecule has 3 aliphatic heterocycles. The fourth-order valence-electron chi connectivity index (χ4n) is 6.24. The minimum atomic E-state index is -0.658. The van der Waals surface area contributed by atoms with Crippen LogP contribution < -0.4 is 9.64 Å². The maximum absolute atomic E-state index is 12.4. The molecule has 1 aromatic rings. The number of hydrogen-bond acceptors (Lipinski definition) is 5. The number of amides is 1. The summed E-state index contributed by atoms with van der Waals surface area (Å²) >= 11 is 0. The second kappa shape index (κ2) is 8.99. The zero-order valence-corrected chi connectivity index (χ0v) is 19.5. The molecular formula is C25H39N3O3. The molecule has 4 rings (SSSR count). The molecule has 1 amide bonds. The smallest absolute Gasteiger partial charge is 0.219 e. The Morgan fingerprint density at radius 3 is 2.42 bits per heavy atom. The maximum atomic E-state index is 12.4. The van der Waals surface area contributed by atoms with Gasteiger partial charge in [0.15, 0.2) is 0 Å². The zero-order chi connectivity index (χ0) is 22.1. The molecule has 1 N–H and O–H groups in total. The van der Waals surface area contributed by atoms with Crippen LogP contribution in [0.4, 0.5) is 5.69 Å². The quantitative estimate of drug-likeness (QED) is 0.796. The predicted octanol–water partition coefficient (Wildman–Crippen LogP) is 3.28. The first-order valence-corrected chi connectivity index (χ1v) is 12.0. The van der Waals surface area contributed by atoms with E-state index in [1.807, 2.05) is 12.1 Å². The fourth-order valence-corrected chi connectivity index (χ4v) is 6.24. The number of hydrogen-bond donors (Lipinski definition) is 1. The highest BCUT2D eigenvalue weighted by molar-refractivity contribution is 5.74. The molecule has 0 aromatic heterocycles. The Labute approximate surface area is 187 Å². The Hall–Kier alpha value is -1.79. The molecular weight excluding hydrogens is 390 g/mol. The third kappa shape index (κ3) is 4.56. The molecule has 6 nitrogen and oxygen atoms in total. The maximum Gasteiger partial charge on any atom is 0.219 e. The summed E-state index contributed by atoms with van der Waals surface area (Å²) in [5, 5.41) is 11.5. The van der Waals surface area contributed by atoms with Crippen LogP contribution in [-0.2, 0) is 4.79 Å². The Balaban J connectivity index is 1.43. The summed E-state index contributed by atoms with van der Waals surface area (Å²) in [6.45, 7) is 8.33. The molecule has 3 saturated heterocycles. The van der Waals surface area contributed by atoms with Gasteiger partial charge in [-0.15, -0.1) is 0 Å². The van der Waals surface area contributed by atoms with E-state index in [0.29, 0.717) is 6.04 Å². The Morgan fingerprint density at radius 2 is 1.77 bits per heavy atom. The number of aliphatic hydroxyl groups is 1. The number of carbonyl (C=O) groups excluding carboxylic acids is 1. The van der Waals surface area contributed by atoms with Crippen molar-refractivity contribution < 1.29 is 14.6 Å². The lowest BCUT2D eigenvalue weighted by molar-refractivity contribution is -0.141. The molecule has 0 unspecified atom stereocenters. The fraction of sp³-hybridized carbons (Fsp3) is 0.720. The van der Waals surface area contributed by atoms with E-state index >= 15 is 0 Å². The standard InChI is InChI=1S/C25H39N3O3/c1-20(29)28-16-5-4-7-23-24(28,2)12-6-15-27(23)19-25(30)13-17-26(18-14-25)21-8-10-22(31-3)11-9-21/h8-11,23,30H,4-7,12-19H2,1-3H3/t23-,24-/m0/s1. The molecule has 0 saturated carbocycles. The first-order valence-electron chi connectivity index (χ1n) is 12.0. The van der Waals surface area contributed by atoms with Crippen LogP contribution in [0.1, 0.15) is 58.8 Å². The van der Waals surface area contributed by atoms with Crippen molar-refractivity contribution in [2.24, 2.45) is 0 Å². The van der Waals surface area contributed by atoms with Gasteiger partial charge in [0.1, 0.15) is 5.75 Å². The van der Waals surface area contributed by atoms with Gasteiger partial charge in [0.05, 0.1) is 18.2 Å². The van der Waals surface area contributed by atoms with Crippen LogP contribution in [0, 0.1) is 0 Å². The van der Waals surface area contributed by atoms with Crippen molar-refractivity contribution in [3.63, 3.8) is 0 Å². The number of methoxy groups -OCH3 is 1. The number of β-amino-alcohol motifs (C(OH)–C–C–N with tert-alkyl or cyclic N) is 1. The van der Waals surface area contributed by atoms with E-state index in [1.165, 1.54) is 5.69 Å². The average molecular weight is 430 g/mol. The number of piperidine rings is 2. The second-order valence-electron chi connectivity index (χ2n) is 10.0. The van der Waals surface area contributed by atoms with Crippen molar-refractivity contribution in [1.82, 2.24) is 9.80 Å². The molecule has 0 aliphatic carbocycles. The molecule has 0 radical (unpaired) electrons. The number of benzene rings is 1. The molecule has 31 heavy (non-hydrogen) atoms. The van der Waals surface area contributed by atoms with Crippen LogP contribution in [0.25, 0.3) is 0 Å². The summed E-state index contributed by atoms with van der Waals surface area (Å²) in [5.74, 6) is 1.07. The van der Waals surface area contributed by atoms with E-state index < -0.39 is 5.60 Å². The van der Waals surface area contributed by atoms with E-state index in [0.717, 1.165) is 83.4 Å². The number of nitrogens with zero attached hydrogens (tertiary/aromatic N) is 3. The van der Waals surface area contributed by atoms with Gasteiger partial charge in [-0.1, -0.05) is 6.42 Å². The van der Waals surface area contributed by atoms with Gasteiger partial charge in [-0.2, -0.15) is 0 Å². The number of likely N-dealkylation sites (tertiary alicyclic amines) is 2. The van der Waals surface area contributed by atoms with E-state index in [-0.39, 0.29) is 11.4 Å². The van der Waals surface area contributed by atoms with Crippen LogP contribution in [0.15, 0.2) is 24.3 Å². The van der Waals surface area contributed by atoms with Crippen LogP contribution in [-0.4, -0.2) is 77.8 Å². The molecule has 3 fully saturated rings. The van der Waals surface area contributed by atoms with Crippen LogP contribution in [0.2, 0.25) is 0 Å². The third-order valence-electron chi connectivity index (χ3n) is 8.02. The van der Waals surface area contributed by atoms with Crippen LogP contribution >= 0.6 is 0 Å². The third-order valence-corrected chi connectivity index (χ3v) is 8.02. The Morgan fingerprint density at radius 1 is 1.06 bits per heavy atom. The normalized spacial score (nSPS) is 29.2. The first kappa shape index (κ1) is 22.4. The highest BCUT2D eigenvalue weighted by atomic mass is 16.5. The number of rotatable bonds is 4. The topological polar surface area (TPSA) is 56.3 Å². The number of carbonyl (C=O) groups is 1. The van der Waals surface area contributed by atoms with Gasteiger partial charge in [-0.25, -0.2) is 0 Å². The van der Waals surface area contributed by atoms with Crippen molar-refractivity contribution in [2.75, 3.05) is 44.7 Å². The summed E-state index contributed by atoms with van der Waals surface area (Å²) in [6, 6.07) is 8.54. The zero-order valence-electron chi connectivity index (χ0n) is 19.5. The summed E-state index contributed by atoms with van der Waals surface area (Å²) < 4.78 is 5.27. The molecule has 6 heteroatoms. The lowest BCUT2D eigenvalue weighted by atomic mass is 9.78. The van der Waals surface area contributed by atoms with Crippen molar-refractivity contribution >= 4 is 11.6 Å². The largest absolute Gasteiger partial charge is 0.497 e. The van der Waals surface area contributed by atoms with Crippen LogP contribution in [0.3, 0.4) is 0 Å². The molecule has 3 aliphatic rings. The molecule has 0 spiro atoms. The molecule has 172 valence electrons. The van der Waals surface area contributed by atoms with Crippen molar-refractivity contribution in [3.05, 3.63) is 24.3 Å². The predicted molar refractivity (Wildman–Crippen MR) is 124 cm³/mol. The van der Waals surface area contributed by atoms with E-state index in [9.17, 15) is 9.90 Å². The monoisotopic (exact) mass is 429 g/mol. The number of fused-ring (bicyclic) bond motifs is 1. The summed E-state index contributed by atoms with van der Waals surface area (Å²) in [7, 11) is 1.69. The van der Waals surface area contributed by atoms with Gasteiger partial charge in [0.25, 0.3) is 0 Å². The van der Waals surface area contributed by atoms with Gasteiger partial charge in [0.2, 0.25) is 5.91 Å². The van der Waals surface area contributed by atoms with Gasteiger partial charge in [-0.3, -0.25) is 9.69 Å². The first-order chi connectivity index (χ1) is 14.8. The lowest BCUT2D eigenvalue weighted by Crippen LogP contribution is -2.66. The van der Waals surface area contributed by atoms with Gasteiger partial charge in [0, 0.05) is 44.8 Å². The van der Waals surface area contributed by atoms with Crippen molar-refractivity contribution in [1.29, 1.82) is 0 Å². The molecule has 2 atom stereocenters. The highest BCUT2D eigenvalue weighted by Crippen LogP contribution is 2.40. The summed E-state index contributed by atoms with van der Waals surface area (Å²) in [4.78, 5) is 19.4. The highest BCUT2D eigenvalue weighted by Gasteiger charge is 2.48. The van der Waals surface area contributed by atoms with Gasteiger partial charge >= 0.3 is 0 Å². The average Bonchev–Trinajstić information content (AvgIpc) is 2.93. The SMILES string of the molecule is COc1ccc(N2CCC(O)(CN3CCC[C@@]4(C)[C@@H]3CCCCN4C(C)=O)CC2)cc1. The lowest BCUT2D eigenvalue weighted by Gasteiger charge is -2.54.